The molecule has 0 radical (unpaired) electrons. The van der Waals surface area contributed by atoms with Gasteiger partial charge in [-0.3, -0.25) is 4.79 Å². The highest BCUT2D eigenvalue weighted by Gasteiger charge is 2.39. The smallest absolute Gasteiger partial charge is 0.407 e. The summed E-state index contributed by atoms with van der Waals surface area (Å²) in [4.78, 5) is 24.3. The average molecular weight is 405 g/mol. The maximum absolute atomic E-state index is 12.3. The van der Waals surface area contributed by atoms with Crippen molar-refractivity contribution in [3.8, 4) is 0 Å². The highest BCUT2D eigenvalue weighted by molar-refractivity contribution is 8.00. The van der Waals surface area contributed by atoms with Crippen molar-refractivity contribution in [3.63, 3.8) is 0 Å². The standard InChI is InChI=1S/C18H36N2O4SSi/c1-17(2,3)24-16(22)20-13(12-23-26(7,8)18(4,5)6)14-11-15(21)19-9-10-25-14/h13-14H,9-12H2,1-8H3,(H,19,21)(H,20,22)/t13-,14+/m0/s1. The van der Waals surface area contributed by atoms with Gasteiger partial charge in [-0.25, -0.2) is 4.79 Å². The lowest BCUT2D eigenvalue weighted by molar-refractivity contribution is -0.121. The predicted octanol–water partition coefficient (Wildman–Crippen LogP) is 3.52. The second kappa shape index (κ2) is 8.97. The van der Waals surface area contributed by atoms with E-state index in [2.05, 4.69) is 44.5 Å². The van der Waals surface area contributed by atoms with Crippen LogP contribution in [0.25, 0.3) is 0 Å². The third-order valence-corrected chi connectivity index (χ3v) is 10.6. The third-order valence-electron chi connectivity index (χ3n) is 4.72. The van der Waals surface area contributed by atoms with Crippen LogP contribution in [0.4, 0.5) is 4.79 Å². The van der Waals surface area contributed by atoms with E-state index < -0.39 is 20.0 Å². The molecule has 1 aliphatic rings. The molecular weight excluding hydrogens is 368 g/mol. The number of ether oxygens (including phenoxy) is 1. The number of alkyl carbamates (subject to hydrolysis) is 1. The van der Waals surface area contributed by atoms with Gasteiger partial charge in [0.25, 0.3) is 0 Å². The molecule has 0 bridgehead atoms. The summed E-state index contributed by atoms with van der Waals surface area (Å²) >= 11 is 1.70. The SMILES string of the molecule is CC(C)(C)OC(=O)N[C@@H](CO[Si](C)(C)C(C)(C)C)[C@H]1CC(=O)NCCS1. The number of carbonyl (C=O) groups is 2. The number of hydrogen-bond donors (Lipinski definition) is 2. The molecule has 0 spiro atoms. The molecule has 2 amide bonds. The Hall–Kier alpha value is -0.733. The van der Waals surface area contributed by atoms with Gasteiger partial charge in [0.05, 0.1) is 12.6 Å². The molecule has 0 unspecified atom stereocenters. The zero-order chi connectivity index (χ0) is 20.2. The van der Waals surface area contributed by atoms with Crippen LogP contribution >= 0.6 is 11.8 Å². The quantitative estimate of drug-likeness (QED) is 0.686. The Kier molecular flexibility index (Phi) is 8.04. The van der Waals surface area contributed by atoms with Crippen LogP contribution in [0.1, 0.15) is 48.0 Å². The molecule has 1 heterocycles. The van der Waals surface area contributed by atoms with Crippen LogP contribution in [0, 0.1) is 0 Å². The summed E-state index contributed by atoms with van der Waals surface area (Å²) < 4.78 is 11.8. The summed E-state index contributed by atoms with van der Waals surface area (Å²) in [6.07, 6.45) is -0.0991. The first kappa shape index (κ1) is 23.3. The summed E-state index contributed by atoms with van der Waals surface area (Å²) in [7, 11) is -1.96. The van der Waals surface area contributed by atoms with Crippen molar-refractivity contribution in [2.24, 2.45) is 0 Å². The lowest BCUT2D eigenvalue weighted by Crippen LogP contribution is -2.51. The van der Waals surface area contributed by atoms with Crippen molar-refractivity contribution in [2.75, 3.05) is 18.9 Å². The van der Waals surface area contributed by atoms with E-state index >= 15 is 0 Å². The second-order valence-corrected chi connectivity index (χ2v) is 15.4. The summed E-state index contributed by atoms with van der Waals surface area (Å²) in [6, 6.07) is -0.271. The Balaban J connectivity index is 2.87. The minimum absolute atomic E-state index is 0.0170. The van der Waals surface area contributed by atoms with Crippen molar-refractivity contribution < 1.29 is 18.8 Å². The molecule has 0 saturated carbocycles. The van der Waals surface area contributed by atoms with E-state index in [9.17, 15) is 9.59 Å². The van der Waals surface area contributed by atoms with Crippen molar-refractivity contribution in [1.82, 2.24) is 10.6 Å². The van der Waals surface area contributed by atoms with Crippen LogP contribution < -0.4 is 10.6 Å². The fraction of sp³-hybridized carbons (Fsp3) is 0.889. The topological polar surface area (TPSA) is 76.7 Å². The van der Waals surface area contributed by atoms with E-state index in [0.29, 0.717) is 19.6 Å². The van der Waals surface area contributed by atoms with E-state index in [1.807, 2.05) is 20.8 Å². The van der Waals surface area contributed by atoms with Gasteiger partial charge < -0.3 is 19.8 Å². The number of amides is 2. The molecule has 1 aliphatic heterocycles. The molecule has 0 aliphatic carbocycles. The lowest BCUT2D eigenvalue weighted by Gasteiger charge is -2.38. The van der Waals surface area contributed by atoms with Gasteiger partial charge in [0.1, 0.15) is 5.60 Å². The molecule has 1 rings (SSSR count). The molecule has 0 aromatic carbocycles. The number of nitrogens with one attached hydrogen (secondary N) is 2. The zero-order valence-electron chi connectivity index (χ0n) is 17.5. The molecule has 0 aromatic rings. The van der Waals surface area contributed by atoms with E-state index in [1.54, 1.807) is 11.8 Å². The molecule has 8 heteroatoms. The summed E-state index contributed by atoms with van der Waals surface area (Å²) in [5.41, 5.74) is -0.567. The third kappa shape index (κ3) is 7.88. The Morgan fingerprint density at radius 1 is 1.31 bits per heavy atom. The molecule has 152 valence electrons. The van der Waals surface area contributed by atoms with Crippen LogP contribution in [0.5, 0.6) is 0 Å². The first-order valence-electron chi connectivity index (χ1n) is 9.23. The maximum Gasteiger partial charge on any atom is 0.407 e. The van der Waals surface area contributed by atoms with Crippen LogP contribution in [0.3, 0.4) is 0 Å². The lowest BCUT2D eigenvalue weighted by atomic mass is 10.1. The Bertz CT molecular complexity index is 500. The molecule has 6 nitrogen and oxygen atoms in total. The molecule has 26 heavy (non-hydrogen) atoms. The average Bonchev–Trinajstić information content (AvgIpc) is 2.64. The van der Waals surface area contributed by atoms with Crippen molar-refractivity contribution in [3.05, 3.63) is 0 Å². The van der Waals surface area contributed by atoms with E-state index in [4.69, 9.17) is 9.16 Å². The Labute approximate surface area is 163 Å². The molecule has 0 aromatic heterocycles. The first-order valence-corrected chi connectivity index (χ1v) is 13.2. The fourth-order valence-electron chi connectivity index (χ4n) is 2.19. The maximum atomic E-state index is 12.3. The summed E-state index contributed by atoms with van der Waals surface area (Å²) in [5.74, 6) is 0.839. The van der Waals surface area contributed by atoms with Gasteiger partial charge in [-0.2, -0.15) is 11.8 Å². The van der Waals surface area contributed by atoms with E-state index in [0.717, 1.165) is 5.75 Å². The number of thioether (sulfide) groups is 1. The highest BCUT2D eigenvalue weighted by atomic mass is 32.2. The fourth-order valence-corrected chi connectivity index (χ4v) is 4.39. The van der Waals surface area contributed by atoms with Gasteiger partial charge >= 0.3 is 6.09 Å². The minimum atomic E-state index is -1.96. The van der Waals surface area contributed by atoms with Crippen LogP contribution in [-0.2, 0) is 14.0 Å². The monoisotopic (exact) mass is 404 g/mol. The van der Waals surface area contributed by atoms with Crippen molar-refractivity contribution in [2.45, 2.75) is 83.0 Å². The minimum Gasteiger partial charge on any atom is -0.444 e. The number of hydrogen-bond acceptors (Lipinski definition) is 5. The van der Waals surface area contributed by atoms with Gasteiger partial charge in [-0.1, -0.05) is 20.8 Å². The Morgan fingerprint density at radius 3 is 2.46 bits per heavy atom. The van der Waals surface area contributed by atoms with Crippen LogP contribution in [0.2, 0.25) is 18.1 Å². The normalized spacial score (nSPS) is 20.8. The van der Waals surface area contributed by atoms with Crippen molar-refractivity contribution in [1.29, 1.82) is 0 Å². The highest BCUT2D eigenvalue weighted by Crippen LogP contribution is 2.37. The predicted molar refractivity (Wildman–Crippen MR) is 110 cm³/mol. The van der Waals surface area contributed by atoms with Gasteiger partial charge in [-0.05, 0) is 38.9 Å². The molecule has 1 saturated heterocycles. The van der Waals surface area contributed by atoms with Crippen molar-refractivity contribution >= 4 is 32.1 Å². The summed E-state index contributed by atoms with van der Waals surface area (Å²) in [5, 5.41) is 5.88. The molecule has 2 atom stereocenters. The first-order chi connectivity index (χ1) is 11.7. The molecule has 2 N–H and O–H groups in total. The van der Waals surface area contributed by atoms with Gasteiger partial charge in [0.2, 0.25) is 5.91 Å². The van der Waals surface area contributed by atoms with Crippen LogP contribution in [0.15, 0.2) is 0 Å². The van der Waals surface area contributed by atoms with E-state index in [1.165, 1.54) is 0 Å². The Morgan fingerprint density at radius 2 is 1.92 bits per heavy atom. The second-order valence-electron chi connectivity index (χ2n) is 9.29. The van der Waals surface area contributed by atoms with Gasteiger partial charge in [0.15, 0.2) is 8.32 Å². The van der Waals surface area contributed by atoms with Gasteiger partial charge in [-0.15, -0.1) is 0 Å². The zero-order valence-corrected chi connectivity index (χ0v) is 19.3. The van der Waals surface area contributed by atoms with Crippen LogP contribution in [-0.4, -0.2) is 56.1 Å². The largest absolute Gasteiger partial charge is 0.444 e. The van der Waals surface area contributed by atoms with Gasteiger partial charge in [0, 0.05) is 24.0 Å². The number of carbonyl (C=O) groups excluding carboxylic acids is 2. The van der Waals surface area contributed by atoms with E-state index in [-0.39, 0.29) is 22.2 Å². The molecular formula is C18H36N2O4SSi. The summed E-state index contributed by atoms with van der Waals surface area (Å²) in [6.45, 7) is 17.5. The molecule has 1 fully saturated rings. The number of rotatable bonds is 5.